The second kappa shape index (κ2) is 3.18. The summed E-state index contributed by atoms with van der Waals surface area (Å²) >= 11 is 0. The van der Waals surface area contributed by atoms with Gasteiger partial charge in [0, 0.05) is 0 Å². The Hall–Kier alpha value is -1.20. The number of aliphatic carboxylic acids is 1. The molecule has 0 aromatic rings. The Balaban J connectivity index is 2.73. The summed E-state index contributed by atoms with van der Waals surface area (Å²) < 4.78 is 30.0. The van der Waals surface area contributed by atoms with Gasteiger partial charge in [0.05, 0.1) is 18.9 Å². The minimum Gasteiger partial charge on any atom is -0.481 e. The van der Waals surface area contributed by atoms with Crippen molar-refractivity contribution in [1.29, 1.82) is 0 Å². The van der Waals surface area contributed by atoms with Crippen LogP contribution in [0.5, 0.6) is 0 Å². The lowest BCUT2D eigenvalue weighted by molar-refractivity contribution is -0.146. The first kappa shape index (κ1) is 10.9. The van der Waals surface area contributed by atoms with E-state index in [2.05, 4.69) is 4.74 Å². The van der Waals surface area contributed by atoms with Crippen LogP contribution in [0, 0.1) is 17.8 Å². The molecule has 1 rings (SSSR count). The summed E-state index contributed by atoms with van der Waals surface area (Å²) in [5.41, 5.74) is 0. The maximum atomic E-state index is 12.9. The molecule has 1 saturated carbocycles. The molecule has 1 aliphatic carbocycles. The molecular formula is C8H10F2O4. The van der Waals surface area contributed by atoms with Crippen molar-refractivity contribution in [2.24, 2.45) is 17.8 Å². The SMILES string of the molecule is COC(=O)[C@H](C)C1C(C(=O)O)C1(F)F. The molecular weight excluding hydrogens is 198 g/mol. The van der Waals surface area contributed by atoms with Gasteiger partial charge in [-0.2, -0.15) is 0 Å². The number of methoxy groups -OCH3 is 1. The molecule has 0 saturated heterocycles. The average molecular weight is 208 g/mol. The first-order chi connectivity index (χ1) is 6.34. The van der Waals surface area contributed by atoms with Crippen molar-refractivity contribution in [2.45, 2.75) is 12.8 Å². The Bertz CT molecular complexity index is 277. The van der Waals surface area contributed by atoms with Gasteiger partial charge in [-0.1, -0.05) is 6.92 Å². The van der Waals surface area contributed by atoms with Crippen LogP contribution in [0.3, 0.4) is 0 Å². The highest BCUT2D eigenvalue weighted by atomic mass is 19.3. The molecule has 0 aromatic carbocycles. The number of rotatable bonds is 3. The fourth-order valence-electron chi connectivity index (χ4n) is 1.62. The van der Waals surface area contributed by atoms with Crippen LogP contribution in [0.1, 0.15) is 6.92 Å². The van der Waals surface area contributed by atoms with Crippen molar-refractivity contribution in [3.63, 3.8) is 0 Å². The van der Waals surface area contributed by atoms with Gasteiger partial charge in [0.15, 0.2) is 0 Å². The molecule has 1 N–H and O–H groups in total. The van der Waals surface area contributed by atoms with Crippen molar-refractivity contribution in [2.75, 3.05) is 7.11 Å². The van der Waals surface area contributed by atoms with Crippen LogP contribution in [0.25, 0.3) is 0 Å². The maximum Gasteiger partial charge on any atom is 0.313 e. The molecule has 2 unspecified atom stereocenters. The number of hydrogen-bond donors (Lipinski definition) is 1. The monoisotopic (exact) mass is 208 g/mol. The molecule has 0 aromatic heterocycles. The molecule has 14 heavy (non-hydrogen) atoms. The normalized spacial score (nSPS) is 30.6. The zero-order chi connectivity index (χ0) is 11.1. The van der Waals surface area contributed by atoms with Crippen molar-refractivity contribution in [3.05, 3.63) is 0 Å². The number of ether oxygens (including phenoxy) is 1. The number of carboxylic acids is 1. The topological polar surface area (TPSA) is 63.6 Å². The third kappa shape index (κ3) is 1.44. The fraction of sp³-hybridized carbons (Fsp3) is 0.750. The van der Waals surface area contributed by atoms with Gasteiger partial charge in [0.25, 0.3) is 5.92 Å². The summed E-state index contributed by atoms with van der Waals surface area (Å²) in [6.07, 6.45) is 0. The number of halogens is 2. The number of carbonyl (C=O) groups excluding carboxylic acids is 1. The van der Waals surface area contributed by atoms with Crippen LogP contribution in [-0.4, -0.2) is 30.1 Å². The lowest BCUT2D eigenvalue weighted by Gasteiger charge is -2.06. The van der Waals surface area contributed by atoms with E-state index in [1.807, 2.05) is 0 Å². The van der Waals surface area contributed by atoms with E-state index in [0.717, 1.165) is 7.11 Å². The molecule has 4 nitrogen and oxygen atoms in total. The van der Waals surface area contributed by atoms with E-state index in [1.165, 1.54) is 6.92 Å². The van der Waals surface area contributed by atoms with Gasteiger partial charge in [-0.15, -0.1) is 0 Å². The molecule has 0 spiro atoms. The number of alkyl halides is 2. The van der Waals surface area contributed by atoms with Crippen LogP contribution in [0.4, 0.5) is 8.78 Å². The number of carboxylic acid groups (broad SMARTS) is 1. The zero-order valence-corrected chi connectivity index (χ0v) is 7.66. The second-order valence-electron chi connectivity index (χ2n) is 3.33. The summed E-state index contributed by atoms with van der Waals surface area (Å²) in [7, 11) is 1.08. The Labute approximate surface area is 78.8 Å². The minimum atomic E-state index is -3.29. The first-order valence-corrected chi connectivity index (χ1v) is 4.02. The molecule has 3 atom stereocenters. The third-order valence-electron chi connectivity index (χ3n) is 2.49. The van der Waals surface area contributed by atoms with Gasteiger partial charge >= 0.3 is 11.9 Å². The third-order valence-corrected chi connectivity index (χ3v) is 2.49. The fourth-order valence-corrected chi connectivity index (χ4v) is 1.62. The van der Waals surface area contributed by atoms with Crippen LogP contribution in [0.2, 0.25) is 0 Å². The van der Waals surface area contributed by atoms with Crippen molar-refractivity contribution < 1.29 is 28.2 Å². The summed E-state index contributed by atoms with van der Waals surface area (Å²) in [5.74, 6) is -9.95. The van der Waals surface area contributed by atoms with E-state index < -0.39 is 35.6 Å². The molecule has 80 valence electrons. The molecule has 1 fully saturated rings. The van der Waals surface area contributed by atoms with Crippen LogP contribution < -0.4 is 0 Å². The molecule has 0 heterocycles. The first-order valence-electron chi connectivity index (χ1n) is 4.02. The second-order valence-corrected chi connectivity index (χ2v) is 3.33. The number of carbonyl (C=O) groups is 2. The van der Waals surface area contributed by atoms with Gasteiger partial charge in [0.2, 0.25) is 0 Å². The summed E-state index contributed by atoms with van der Waals surface area (Å²) in [4.78, 5) is 21.3. The number of esters is 1. The standard InChI is InChI=1S/C8H10F2O4/c1-3(7(13)14-2)4-5(6(11)12)8(4,9)10/h3-5H,1-2H3,(H,11,12)/t3-,4?,5?/m1/s1. The lowest BCUT2D eigenvalue weighted by Crippen LogP contribution is -2.18. The van der Waals surface area contributed by atoms with E-state index in [0.29, 0.717) is 0 Å². The van der Waals surface area contributed by atoms with E-state index >= 15 is 0 Å². The van der Waals surface area contributed by atoms with Crippen molar-refractivity contribution in [1.82, 2.24) is 0 Å². The Morgan fingerprint density at radius 2 is 2.00 bits per heavy atom. The Morgan fingerprint density at radius 1 is 1.50 bits per heavy atom. The summed E-state index contributed by atoms with van der Waals surface area (Å²) in [6, 6.07) is 0. The molecule has 0 aliphatic heterocycles. The van der Waals surface area contributed by atoms with E-state index in [1.54, 1.807) is 0 Å². The van der Waals surface area contributed by atoms with Crippen LogP contribution >= 0.6 is 0 Å². The largest absolute Gasteiger partial charge is 0.481 e. The highest BCUT2D eigenvalue weighted by molar-refractivity contribution is 5.80. The van der Waals surface area contributed by atoms with E-state index in [-0.39, 0.29) is 0 Å². The molecule has 0 radical (unpaired) electrons. The minimum absolute atomic E-state index is 0.807. The van der Waals surface area contributed by atoms with E-state index in [4.69, 9.17) is 5.11 Å². The summed E-state index contributed by atoms with van der Waals surface area (Å²) in [6.45, 7) is 1.24. The average Bonchev–Trinajstić information content (AvgIpc) is 2.66. The molecule has 0 amide bonds. The summed E-state index contributed by atoms with van der Waals surface area (Å²) in [5, 5.41) is 8.43. The quantitative estimate of drug-likeness (QED) is 0.695. The van der Waals surface area contributed by atoms with Crippen LogP contribution in [0.15, 0.2) is 0 Å². The smallest absolute Gasteiger partial charge is 0.313 e. The van der Waals surface area contributed by atoms with Crippen molar-refractivity contribution >= 4 is 11.9 Å². The predicted octanol–water partition coefficient (Wildman–Crippen LogP) is 0.761. The Morgan fingerprint density at radius 3 is 2.29 bits per heavy atom. The highest BCUT2D eigenvalue weighted by Gasteiger charge is 2.75. The molecule has 6 heteroatoms. The van der Waals surface area contributed by atoms with Crippen LogP contribution in [-0.2, 0) is 14.3 Å². The van der Waals surface area contributed by atoms with Gasteiger partial charge in [0.1, 0.15) is 5.92 Å². The lowest BCUT2D eigenvalue weighted by atomic mass is 10.1. The number of hydrogen-bond acceptors (Lipinski definition) is 3. The van der Waals surface area contributed by atoms with Gasteiger partial charge in [-0.05, 0) is 0 Å². The predicted molar refractivity (Wildman–Crippen MR) is 40.7 cm³/mol. The molecule has 0 bridgehead atoms. The highest BCUT2D eigenvalue weighted by Crippen LogP contribution is 2.59. The maximum absolute atomic E-state index is 12.9. The van der Waals surface area contributed by atoms with Crippen molar-refractivity contribution in [3.8, 4) is 0 Å². The van der Waals surface area contributed by atoms with Gasteiger partial charge in [-0.25, -0.2) is 8.78 Å². The Kier molecular flexibility index (Phi) is 2.47. The van der Waals surface area contributed by atoms with Gasteiger partial charge in [-0.3, -0.25) is 9.59 Å². The molecule has 1 aliphatic rings. The van der Waals surface area contributed by atoms with E-state index in [9.17, 15) is 18.4 Å². The zero-order valence-electron chi connectivity index (χ0n) is 7.66. The van der Waals surface area contributed by atoms with Gasteiger partial charge < -0.3 is 9.84 Å².